The monoisotopic (exact) mass is 302 g/mol. The van der Waals surface area contributed by atoms with E-state index in [2.05, 4.69) is 0 Å². The molecule has 0 aliphatic heterocycles. The maximum Gasteiger partial charge on any atom is 0.312 e. The highest BCUT2D eigenvalue weighted by molar-refractivity contribution is 7.89. The van der Waals surface area contributed by atoms with Crippen LogP contribution < -0.4 is 5.73 Å². The first kappa shape index (κ1) is 16.3. The van der Waals surface area contributed by atoms with E-state index in [1.165, 1.54) is 25.2 Å². The average Bonchev–Trinajstić information content (AvgIpc) is 2.34. The van der Waals surface area contributed by atoms with Gasteiger partial charge in [-0.1, -0.05) is 6.07 Å². The van der Waals surface area contributed by atoms with Crippen LogP contribution >= 0.6 is 0 Å². The second-order valence-electron chi connectivity index (χ2n) is 4.58. The van der Waals surface area contributed by atoms with Crippen molar-refractivity contribution in [3.05, 3.63) is 28.3 Å². The summed E-state index contributed by atoms with van der Waals surface area (Å²) in [6.45, 7) is 0.729. The van der Waals surface area contributed by atoms with Gasteiger partial charge in [-0.15, -0.1) is 0 Å². The van der Waals surface area contributed by atoms with E-state index in [0.717, 1.165) is 4.31 Å². The molecule has 0 aliphatic rings. The summed E-state index contributed by atoms with van der Waals surface area (Å²) in [6.07, 6.45) is 0. The smallest absolute Gasteiger partial charge is 0.312 e. The second-order valence-corrected chi connectivity index (χ2v) is 6.59. The van der Waals surface area contributed by atoms with Crippen LogP contribution in [0.15, 0.2) is 23.1 Å². The van der Waals surface area contributed by atoms with Gasteiger partial charge in [0.25, 0.3) is 0 Å². The van der Waals surface area contributed by atoms with Crippen molar-refractivity contribution in [3.8, 4) is 0 Å². The summed E-state index contributed by atoms with van der Waals surface area (Å²) in [7, 11) is 1.05. The minimum atomic E-state index is -3.95. The number of nitro benzene ring substituents is 1. The van der Waals surface area contributed by atoms with E-state index in [1.54, 1.807) is 0 Å². The molecular formula is C11H18N4O4S. The molecule has 0 radical (unpaired) electrons. The Balaban J connectivity index is 3.22. The Morgan fingerprint density at radius 1 is 1.25 bits per heavy atom. The van der Waals surface area contributed by atoms with Gasteiger partial charge in [0.15, 0.2) is 4.90 Å². The van der Waals surface area contributed by atoms with E-state index in [-0.39, 0.29) is 17.1 Å². The first-order chi connectivity index (χ1) is 9.17. The number of sulfonamides is 1. The number of nitrogens with two attached hydrogens (primary N) is 1. The number of rotatable bonds is 6. The van der Waals surface area contributed by atoms with Crippen LogP contribution in [-0.4, -0.2) is 56.8 Å². The highest BCUT2D eigenvalue weighted by Gasteiger charge is 2.31. The molecule has 0 aliphatic carbocycles. The molecule has 0 bridgehead atoms. The fourth-order valence-electron chi connectivity index (χ4n) is 1.57. The largest absolute Gasteiger partial charge is 0.393 e. The molecular weight excluding hydrogens is 284 g/mol. The van der Waals surface area contributed by atoms with Crippen LogP contribution in [0.2, 0.25) is 0 Å². The predicted molar refractivity (Wildman–Crippen MR) is 75.9 cm³/mol. The molecule has 8 nitrogen and oxygen atoms in total. The van der Waals surface area contributed by atoms with Gasteiger partial charge in [0.2, 0.25) is 10.0 Å². The summed E-state index contributed by atoms with van der Waals surface area (Å²) < 4.78 is 25.8. The number of nitrogen functional groups attached to an aromatic ring is 1. The number of likely N-dealkylation sites (N-methyl/N-ethyl adjacent to an activating group) is 2. The predicted octanol–water partition coefficient (Wildman–Crippen LogP) is 0.359. The molecule has 0 unspecified atom stereocenters. The quantitative estimate of drug-likeness (QED) is 0.461. The summed E-state index contributed by atoms with van der Waals surface area (Å²) >= 11 is 0. The Labute approximate surface area is 118 Å². The highest BCUT2D eigenvalue weighted by Crippen LogP contribution is 2.31. The molecule has 1 aromatic rings. The number of benzene rings is 1. The Morgan fingerprint density at radius 2 is 1.85 bits per heavy atom. The molecule has 1 rings (SSSR count). The maximum atomic E-state index is 12.4. The normalized spacial score (nSPS) is 12.1. The van der Waals surface area contributed by atoms with Gasteiger partial charge in [-0.25, -0.2) is 8.42 Å². The number of para-hydroxylation sites is 1. The van der Waals surface area contributed by atoms with Gasteiger partial charge in [-0.2, -0.15) is 4.31 Å². The third-order valence-electron chi connectivity index (χ3n) is 2.76. The van der Waals surface area contributed by atoms with Crippen LogP contribution in [0.4, 0.5) is 11.4 Å². The number of nitrogens with zero attached hydrogens (tertiary/aromatic N) is 3. The maximum absolute atomic E-state index is 12.4. The van der Waals surface area contributed by atoms with Crippen molar-refractivity contribution in [2.24, 2.45) is 0 Å². The zero-order valence-corrected chi connectivity index (χ0v) is 12.4. The first-order valence-electron chi connectivity index (χ1n) is 5.82. The Morgan fingerprint density at radius 3 is 2.35 bits per heavy atom. The highest BCUT2D eigenvalue weighted by atomic mass is 32.2. The minimum Gasteiger partial charge on any atom is -0.393 e. The van der Waals surface area contributed by atoms with Crippen LogP contribution in [0.1, 0.15) is 0 Å². The topological polar surface area (TPSA) is 110 Å². The lowest BCUT2D eigenvalue weighted by molar-refractivity contribution is -0.386. The molecule has 0 fully saturated rings. The summed E-state index contributed by atoms with van der Waals surface area (Å²) in [4.78, 5) is 11.7. The van der Waals surface area contributed by atoms with E-state index < -0.39 is 20.6 Å². The lowest BCUT2D eigenvalue weighted by atomic mass is 10.3. The molecule has 0 atom stereocenters. The molecule has 9 heteroatoms. The van der Waals surface area contributed by atoms with Gasteiger partial charge in [-0.05, 0) is 26.2 Å². The van der Waals surface area contributed by atoms with E-state index in [9.17, 15) is 18.5 Å². The number of hydrogen-bond acceptors (Lipinski definition) is 6. The average molecular weight is 302 g/mol. The van der Waals surface area contributed by atoms with Crippen molar-refractivity contribution in [2.45, 2.75) is 4.90 Å². The van der Waals surface area contributed by atoms with Crippen molar-refractivity contribution >= 4 is 21.4 Å². The molecule has 0 saturated heterocycles. The van der Waals surface area contributed by atoms with Crippen LogP contribution in [0.25, 0.3) is 0 Å². The third-order valence-corrected chi connectivity index (χ3v) is 4.65. The zero-order chi connectivity index (χ0) is 15.5. The van der Waals surface area contributed by atoms with Gasteiger partial charge in [0, 0.05) is 20.1 Å². The van der Waals surface area contributed by atoms with Crippen molar-refractivity contribution in [1.82, 2.24) is 9.21 Å². The summed E-state index contributed by atoms with van der Waals surface area (Å²) in [5.41, 5.74) is 4.76. The number of anilines is 1. The Kier molecular flexibility index (Phi) is 5.03. The van der Waals surface area contributed by atoms with E-state index in [0.29, 0.717) is 6.54 Å². The van der Waals surface area contributed by atoms with Crippen molar-refractivity contribution in [2.75, 3.05) is 40.0 Å². The molecule has 0 heterocycles. The van der Waals surface area contributed by atoms with Gasteiger partial charge < -0.3 is 10.6 Å². The SMILES string of the molecule is CN(C)CCN(C)S(=O)(=O)c1cccc(N)c1[N+](=O)[O-]. The molecule has 0 amide bonds. The van der Waals surface area contributed by atoms with Crippen LogP contribution in [-0.2, 0) is 10.0 Å². The number of hydrogen-bond donors (Lipinski definition) is 1. The lowest BCUT2D eigenvalue weighted by Gasteiger charge is -2.19. The lowest BCUT2D eigenvalue weighted by Crippen LogP contribution is -2.33. The Hall–Kier alpha value is -1.71. The van der Waals surface area contributed by atoms with Gasteiger partial charge in [0.05, 0.1) is 4.92 Å². The summed E-state index contributed by atoms with van der Waals surface area (Å²) in [5, 5.41) is 11.0. The zero-order valence-electron chi connectivity index (χ0n) is 11.6. The first-order valence-corrected chi connectivity index (χ1v) is 7.26. The van der Waals surface area contributed by atoms with Gasteiger partial charge >= 0.3 is 5.69 Å². The molecule has 20 heavy (non-hydrogen) atoms. The van der Waals surface area contributed by atoms with Crippen molar-refractivity contribution < 1.29 is 13.3 Å². The van der Waals surface area contributed by atoms with Gasteiger partial charge in [0.1, 0.15) is 5.69 Å². The fourth-order valence-corrected chi connectivity index (χ4v) is 2.92. The summed E-state index contributed by atoms with van der Waals surface area (Å²) in [5.74, 6) is 0. The van der Waals surface area contributed by atoms with Crippen LogP contribution in [0, 0.1) is 10.1 Å². The second kappa shape index (κ2) is 6.16. The van der Waals surface area contributed by atoms with E-state index >= 15 is 0 Å². The van der Waals surface area contributed by atoms with Gasteiger partial charge in [-0.3, -0.25) is 10.1 Å². The molecule has 0 spiro atoms. The standard InChI is InChI=1S/C11H18N4O4S/c1-13(2)7-8-14(3)20(18,19)10-6-4-5-9(12)11(10)15(16)17/h4-6H,7-8,12H2,1-3H3. The third kappa shape index (κ3) is 3.44. The molecule has 0 aromatic heterocycles. The van der Waals surface area contributed by atoms with Crippen LogP contribution in [0.3, 0.4) is 0 Å². The molecule has 2 N–H and O–H groups in total. The molecule has 112 valence electrons. The molecule has 0 saturated carbocycles. The number of nitro groups is 1. The Bertz CT molecular complexity index is 600. The minimum absolute atomic E-state index is 0.169. The van der Waals surface area contributed by atoms with Crippen molar-refractivity contribution in [3.63, 3.8) is 0 Å². The van der Waals surface area contributed by atoms with E-state index in [4.69, 9.17) is 5.73 Å². The van der Waals surface area contributed by atoms with Crippen LogP contribution in [0.5, 0.6) is 0 Å². The van der Waals surface area contributed by atoms with E-state index in [1.807, 2.05) is 19.0 Å². The summed E-state index contributed by atoms with van der Waals surface area (Å²) in [6, 6.07) is 3.88. The molecule has 1 aromatic carbocycles. The fraction of sp³-hybridized carbons (Fsp3) is 0.455. The van der Waals surface area contributed by atoms with Crippen molar-refractivity contribution in [1.29, 1.82) is 0 Å².